The molecule has 2 aromatic carbocycles. The second kappa shape index (κ2) is 6.12. The lowest BCUT2D eigenvalue weighted by Gasteiger charge is -2.31. The van der Waals surface area contributed by atoms with Crippen molar-refractivity contribution in [3.63, 3.8) is 0 Å². The number of cyclic esters (lactones) is 1. The van der Waals surface area contributed by atoms with Crippen molar-refractivity contribution in [2.45, 2.75) is 18.6 Å². The standard InChI is InChI=1S/C18H17NO4/c1-18(12-22-17(21)19-18)15(13-8-4-2-5-9-13)23-16(20)14-10-6-3-7-11-14/h2-11,15H,12H2,1H3,(H,19,21)/t15-,18+/m0/s1. The maximum absolute atomic E-state index is 12.4. The molecule has 5 heteroatoms. The summed E-state index contributed by atoms with van der Waals surface area (Å²) in [5.74, 6) is -0.443. The van der Waals surface area contributed by atoms with Gasteiger partial charge in [0.1, 0.15) is 12.1 Å². The van der Waals surface area contributed by atoms with Gasteiger partial charge in [-0.3, -0.25) is 0 Å². The molecule has 1 amide bonds. The first-order chi connectivity index (χ1) is 11.1. The van der Waals surface area contributed by atoms with E-state index >= 15 is 0 Å². The third-order valence-electron chi connectivity index (χ3n) is 3.81. The number of nitrogens with one attached hydrogen (secondary N) is 1. The molecule has 1 aliphatic rings. The summed E-state index contributed by atoms with van der Waals surface area (Å²) in [4.78, 5) is 23.9. The molecule has 0 aromatic heterocycles. The van der Waals surface area contributed by atoms with E-state index < -0.39 is 23.7 Å². The zero-order valence-electron chi connectivity index (χ0n) is 12.7. The summed E-state index contributed by atoms with van der Waals surface area (Å²) < 4.78 is 10.7. The van der Waals surface area contributed by atoms with Crippen LogP contribution in [0, 0.1) is 0 Å². The van der Waals surface area contributed by atoms with Gasteiger partial charge in [0.25, 0.3) is 0 Å². The smallest absolute Gasteiger partial charge is 0.407 e. The quantitative estimate of drug-likeness (QED) is 0.881. The Balaban J connectivity index is 1.90. The Morgan fingerprint density at radius 2 is 1.74 bits per heavy atom. The van der Waals surface area contributed by atoms with Gasteiger partial charge in [-0.2, -0.15) is 0 Å². The van der Waals surface area contributed by atoms with E-state index in [9.17, 15) is 9.59 Å². The lowest BCUT2D eigenvalue weighted by molar-refractivity contribution is 0.00271. The van der Waals surface area contributed by atoms with Crippen LogP contribution in [-0.4, -0.2) is 24.2 Å². The van der Waals surface area contributed by atoms with Gasteiger partial charge in [-0.25, -0.2) is 9.59 Å². The van der Waals surface area contributed by atoms with Gasteiger partial charge in [-0.1, -0.05) is 48.5 Å². The monoisotopic (exact) mass is 311 g/mol. The Morgan fingerprint density at radius 3 is 2.30 bits per heavy atom. The van der Waals surface area contributed by atoms with Crippen LogP contribution in [0.1, 0.15) is 28.9 Å². The third-order valence-corrected chi connectivity index (χ3v) is 3.81. The van der Waals surface area contributed by atoms with Gasteiger partial charge in [-0.15, -0.1) is 0 Å². The van der Waals surface area contributed by atoms with Crippen molar-refractivity contribution in [2.75, 3.05) is 6.61 Å². The van der Waals surface area contributed by atoms with Crippen molar-refractivity contribution in [3.8, 4) is 0 Å². The van der Waals surface area contributed by atoms with E-state index in [1.54, 1.807) is 31.2 Å². The molecule has 2 atom stereocenters. The molecule has 0 saturated carbocycles. The predicted molar refractivity (Wildman–Crippen MR) is 83.9 cm³/mol. The number of alkyl carbamates (subject to hydrolysis) is 1. The average Bonchev–Trinajstić information content (AvgIpc) is 2.94. The molecule has 0 aliphatic carbocycles. The Kier molecular flexibility index (Phi) is 4.02. The fourth-order valence-electron chi connectivity index (χ4n) is 2.61. The molecular weight excluding hydrogens is 294 g/mol. The summed E-state index contributed by atoms with van der Waals surface area (Å²) in [7, 11) is 0. The molecule has 118 valence electrons. The van der Waals surface area contributed by atoms with Crippen molar-refractivity contribution >= 4 is 12.1 Å². The summed E-state index contributed by atoms with van der Waals surface area (Å²) >= 11 is 0. The Bertz CT molecular complexity index is 701. The number of amides is 1. The average molecular weight is 311 g/mol. The molecule has 1 fully saturated rings. The summed E-state index contributed by atoms with van der Waals surface area (Å²) in [6.07, 6.45) is -1.16. The van der Waals surface area contributed by atoms with Crippen LogP contribution in [0.3, 0.4) is 0 Å². The Hall–Kier alpha value is -2.82. The highest BCUT2D eigenvalue weighted by atomic mass is 16.6. The number of rotatable bonds is 4. The van der Waals surface area contributed by atoms with Gasteiger partial charge >= 0.3 is 12.1 Å². The van der Waals surface area contributed by atoms with E-state index in [0.29, 0.717) is 5.56 Å². The highest BCUT2D eigenvalue weighted by Crippen LogP contribution is 2.33. The van der Waals surface area contributed by atoms with Crippen LogP contribution >= 0.6 is 0 Å². The number of hydrogen-bond acceptors (Lipinski definition) is 4. The van der Waals surface area contributed by atoms with Gasteiger partial charge in [0, 0.05) is 0 Å². The number of carbonyl (C=O) groups excluding carboxylic acids is 2. The summed E-state index contributed by atoms with van der Waals surface area (Å²) in [6, 6.07) is 18.1. The second-order valence-electron chi connectivity index (χ2n) is 5.68. The first-order valence-electron chi connectivity index (χ1n) is 7.34. The minimum absolute atomic E-state index is 0.132. The zero-order valence-corrected chi connectivity index (χ0v) is 12.7. The molecule has 1 heterocycles. The molecule has 1 N–H and O–H groups in total. The van der Waals surface area contributed by atoms with Crippen LogP contribution in [0.25, 0.3) is 0 Å². The van der Waals surface area contributed by atoms with Crippen LogP contribution in [0.5, 0.6) is 0 Å². The second-order valence-corrected chi connectivity index (χ2v) is 5.68. The van der Waals surface area contributed by atoms with E-state index in [0.717, 1.165) is 5.56 Å². The lowest BCUT2D eigenvalue weighted by Crippen LogP contribution is -2.47. The molecule has 2 aromatic rings. The highest BCUT2D eigenvalue weighted by molar-refractivity contribution is 5.89. The fraction of sp³-hybridized carbons (Fsp3) is 0.222. The fourth-order valence-corrected chi connectivity index (χ4v) is 2.61. The number of ether oxygens (including phenoxy) is 2. The lowest BCUT2D eigenvalue weighted by atomic mass is 9.90. The largest absolute Gasteiger partial charge is 0.451 e. The SMILES string of the molecule is C[C@]1([C@@H](OC(=O)c2ccccc2)c2ccccc2)COC(=O)N1. The summed E-state index contributed by atoms with van der Waals surface area (Å²) in [5, 5.41) is 2.75. The topological polar surface area (TPSA) is 64.6 Å². The molecule has 0 bridgehead atoms. The summed E-state index contributed by atoms with van der Waals surface area (Å²) in [6.45, 7) is 1.93. The summed E-state index contributed by atoms with van der Waals surface area (Å²) in [5.41, 5.74) is 0.440. The highest BCUT2D eigenvalue weighted by Gasteiger charge is 2.45. The van der Waals surface area contributed by atoms with E-state index in [2.05, 4.69) is 5.32 Å². The molecular formula is C18H17NO4. The van der Waals surface area contributed by atoms with Crippen molar-refractivity contribution in [1.29, 1.82) is 0 Å². The minimum Gasteiger partial charge on any atom is -0.451 e. The molecule has 0 radical (unpaired) electrons. The number of hydrogen-bond donors (Lipinski definition) is 1. The first-order valence-corrected chi connectivity index (χ1v) is 7.34. The normalized spacial score (nSPS) is 21.2. The van der Waals surface area contributed by atoms with Gasteiger partial charge in [-0.05, 0) is 24.6 Å². The number of benzene rings is 2. The van der Waals surface area contributed by atoms with E-state index in [-0.39, 0.29) is 6.61 Å². The van der Waals surface area contributed by atoms with E-state index in [1.807, 2.05) is 36.4 Å². The van der Waals surface area contributed by atoms with Crippen molar-refractivity contribution in [3.05, 3.63) is 71.8 Å². The van der Waals surface area contributed by atoms with E-state index in [1.165, 1.54) is 0 Å². The maximum Gasteiger partial charge on any atom is 0.407 e. The molecule has 0 spiro atoms. The number of carbonyl (C=O) groups is 2. The van der Waals surface area contributed by atoms with E-state index in [4.69, 9.17) is 9.47 Å². The van der Waals surface area contributed by atoms with Gasteiger partial charge in [0.05, 0.1) is 5.56 Å². The minimum atomic E-state index is -0.817. The molecule has 23 heavy (non-hydrogen) atoms. The molecule has 3 rings (SSSR count). The molecule has 5 nitrogen and oxygen atoms in total. The predicted octanol–water partition coefficient (Wildman–Crippen LogP) is 3.08. The van der Waals surface area contributed by atoms with Crippen molar-refractivity contribution in [2.24, 2.45) is 0 Å². The van der Waals surface area contributed by atoms with Gasteiger partial charge in [0.2, 0.25) is 0 Å². The molecule has 1 aliphatic heterocycles. The van der Waals surface area contributed by atoms with Gasteiger partial charge in [0.15, 0.2) is 6.10 Å². The first kappa shape index (κ1) is 15.1. The van der Waals surface area contributed by atoms with Crippen molar-refractivity contribution < 1.29 is 19.1 Å². The number of esters is 1. The molecule has 1 saturated heterocycles. The van der Waals surface area contributed by atoms with Crippen LogP contribution in [0.15, 0.2) is 60.7 Å². The van der Waals surface area contributed by atoms with Crippen LogP contribution < -0.4 is 5.32 Å². The van der Waals surface area contributed by atoms with Crippen LogP contribution in [0.2, 0.25) is 0 Å². The third kappa shape index (κ3) is 3.18. The van der Waals surface area contributed by atoms with Crippen molar-refractivity contribution in [1.82, 2.24) is 5.32 Å². The Labute approximate surface area is 134 Å². The maximum atomic E-state index is 12.4. The van der Waals surface area contributed by atoms with Gasteiger partial charge < -0.3 is 14.8 Å². The zero-order chi connectivity index (χ0) is 16.3. The van der Waals surface area contributed by atoms with Crippen LogP contribution in [-0.2, 0) is 9.47 Å². The molecule has 0 unspecified atom stereocenters. The Morgan fingerprint density at radius 1 is 1.13 bits per heavy atom. The van der Waals surface area contributed by atoms with Crippen LogP contribution in [0.4, 0.5) is 4.79 Å².